The molecule has 2 heterocycles. The minimum Gasteiger partial charge on any atom is -0.497 e. The van der Waals surface area contributed by atoms with Crippen molar-refractivity contribution in [3.8, 4) is 22.7 Å². The molecule has 0 amide bonds. The lowest BCUT2D eigenvalue weighted by Gasteiger charge is -2.09. The Morgan fingerprint density at radius 2 is 1.97 bits per heavy atom. The summed E-state index contributed by atoms with van der Waals surface area (Å²) < 4.78 is 35.1. The molecule has 1 fully saturated rings. The number of ether oxygens (including phenoxy) is 1. The van der Waals surface area contributed by atoms with Gasteiger partial charge in [-0.2, -0.15) is 4.98 Å². The van der Waals surface area contributed by atoms with Crippen LogP contribution in [0.15, 0.2) is 42.5 Å². The molecule has 0 bridgehead atoms. The largest absolute Gasteiger partial charge is 0.497 e. The maximum atomic E-state index is 14.9. The van der Waals surface area contributed by atoms with E-state index in [1.54, 1.807) is 24.3 Å². The SMILES string of the molecule is COc1ccc(-c2nc(NC3CC3)nc3nn(-c4cccc(F)c4)c(N)c23)c(F)c1. The lowest BCUT2D eigenvalue weighted by molar-refractivity contribution is 0.411. The summed E-state index contributed by atoms with van der Waals surface area (Å²) in [5.41, 5.74) is 7.64. The molecule has 0 atom stereocenters. The Bertz CT molecular complexity index is 1270. The second-order valence-electron chi connectivity index (χ2n) is 7.14. The highest BCUT2D eigenvalue weighted by Gasteiger charge is 2.25. The minimum absolute atomic E-state index is 0.193. The molecular weight excluding hydrogens is 390 g/mol. The molecule has 2 aromatic carbocycles. The summed E-state index contributed by atoms with van der Waals surface area (Å²) in [6.45, 7) is 0. The van der Waals surface area contributed by atoms with E-state index < -0.39 is 11.6 Å². The van der Waals surface area contributed by atoms with Crippen LogP contribution in [-0.4, -0.2) is 32.9 Å². The highest BCUT2D eigenvalue weighted by Crippen LogP contribution is 2.36. The van der Waals surface area contributed by atoms with Crippen molar-refractivity contribution in [2.75, 3.05) is 18.2 Å². The van der Waals surface area contributed by atoms with Crippen LogP contribution >= 0.6 is 0 Å². The summed E-state index contributed by atoms with van der Waals surface area (Å²) >= 11 is 0. The Kier molecular flexibility index (Phi) is 4.23. The van der Waals surface area contributed by atoms with Crippen molar-refractivity contribution in [1.29, 1.82) is 0 Å². The Morgan fingerprint density at radius 1 is 1.13 bits per heavy atom. The molecule has 4 aromatic rings. The number of nitrogens with one attached hydrogen (secondary N) is 1. The van der Waals surface area contributed by atoms with Crippen molar-refractivity contribution >= 4 is 22.8 Å². The second kappa shape index (κ2) is 6.94. The minimum atomic E-state index is -0.510. The number of nitrogens with two attached hydrogens (primary N) is 1. The lowest BCUT2D eigenvalue weighted by Crippen LogP contribution is -2.07. The number of anilines is 2. The second-order valence-corrected chi connectivity index (χ2v) is 7.14. The topological polar surface area (TPSA) is 90.9 Å². The van der Waals surface area contributed by atoms with E-state index in [0.29, 0.717) is 40.2 Å². The van der Waals surface area contributed by atoms with Gasteiger partial charge in [-0.1, -0.05) is 6.07 Å². The fraction of sp³-hybridized carbons (Fsp3) is 0.190. The number of hydrogen-bond donors (Lipinski definition) is 2. The van der Waals surface area contributed by atoms with Gasteiger partial charge in [0.1, 0.15) is 23.2 Å². The van der Waals surface area contributed by atoms with Gasteiger partial charge in [0.05, 0.1) is 23.9 Å². The van der Waals surface area contributed by atoms with Gasteiger partial charge in [-0.05, 0) is 43.2 Å². The van der Waals surface area contributed by atoms with E-state index >= 15 is 0 Å². The predicted octanol–water partition coefficient (Wildman–Crippen LogP) is 3.93. The summed E-state index contributed by atoms with van der Waals surface area (Å²) in [5, 5.41) is 8.06. The molecule has 1 saturated carbocycles. The zero-order valence-electron chi connectivity index (χ0n) is 16.1. The van der Waals surface area contributed by atoms with E-state index in [4.69, 9.17) is 10.5 Å². The third kappa shape index (κ3) is 3.18. The number of nitrogens with zero attached hydrogens (tertiary/aromatic N) is 4. The number of rotatable bonds is 5. The Balaban J connectivity index is 1.75. The zero-order chi connectivity index (χ0) is 20.8. The first-order valence-electron chi connectivity index (χ1n) is 9.46. The number of halogens is 2. The van der Waals surface area contributed by atoms with Crippen LogP contribution in [0.4, 0.5) is 20.5 Å². The Hall–Kier alpha value is -3.75. The molecule has 7 nitrogen and oxygen atoms in total. The van der Waals surface area contributed by atoms with Crippen molar-refractivity contribution in [2.45, 2.75) is 18.9 Å². The number of aromatic nitrogens is 4. The van der Waals surface area contributed by atoms with Crippen molar-refractivity contribution in [3.63, 3.8) is 0 Å². The molecule has 152 valence electrons. The van der Waals surface area contributed by atoms with Gasteiger partial charge >= 0.3 is 0 Å². The Morgan fingerprint density at radius 3 is 2.67 bits per heavy atom. The van der Waals surface area contributed by atoms with Gasteiger partial charge in [0.15, 0.2) is 5.65 Å². The summed E-state index contributed by atoms with van der Waals surface area (Å²) in [6.07, 6.45) is 2.04. The van der Waals surface area contributed by atoms with E-state index in [9.17, 15) is 8.78 Å². The first-order valence-corrected chi connectivity index (χ1v) is 9.46. The average Bonchev–Trinajstić information content (AvgIpc) is 3.48. The van der Waals surface area contributed by atoms with Gasteiger partial charge in [0.25, 0.3) is 0 Å². The van der Waals surface area contributed by atoms with E-state index in [1.807, 2.05) is 0 Å². The molecule has 30 heavy (non-hydrogen) atoms. The van der Waals surface area contributed by atoms with Gasteiger partial charge in [0.2, 0.25) is 5.95 Å². The number of fused-ring (bicyclic) bond motifs is 1. The van der Waals surface area contributed by atoms with Crippen LogP contribution in [0.2, 0.25) is 0 Å². The summed E-state index contributed by atoms with van der Waals surface area (Å²) in [6, 6.07) is 10.7. The van der Waals surface area contributed by atoms with Gasteiger partial charge in [-0.3, -0.25) is 0 Å². The van der Waals surface area contributed by atoms with E-state index in [2.05, 4.69) is 20.4 Å². The fourth-order valence-corrected chi connectivity index (χ4v) is 3.30. The number of benzene rings is 2. The fourth-order valence-electron chi connectivity index (χ4n) is 3.30. The number of methoxy groups -OCH3 is 1. The lowest BCUT2D eigenvalue weighted by atomic mass is 10.1. The van der Waals surface area contributed by atoms with Gasteiger partial charge < -0.3 is 15.8 Å². The van der Waals surface area contributed by atoms with Crippen molar-refractivity contribution in [1.82, 2.24) is 19.7 Å². The van der Waals surface area contributed by atoms with Crippen molar-refractivity contribution < 1.29 is 13.5 Å². The van der Waals surface area contributed by atoms with E-state index in [-0.39, 0.29) is 11.4 Å². The molecule has 2 aromatic heterocycles. The summed E-state index contributed by atoms with van der Waals surface area (Å²) in [5.74, 6) is -0.00103. The highest BCUT2D eigenvalue weighted by atomic mass is 19.1. The highest BCUT2D eigenvalue weighted by molar-refractivity contribution is 5.99. The number of nitrogen functional groups attached to an aromatic ring is 1. The maximum Gasteiger partial charge on any atom is 0.225 e. The quantitative estimate of drug-likeness (QED) is 0.520. The first kappa shape index (κ1) is 18.3. The van der Waals surface area contributed by atoms with E-state index in [0.717, 1.165) is 12.8 Å². The average molecular weight is 408 g/mol. The predicted molar refractivity (Wildman–Crippen MR) is 110 cm³/mol. The first-order chi connectivity index (χ1) is 14.5. The molecule has 9 heteroatoms. The number of hydrogen-bond acceptors (Lipinski definition) is 6. The molecule has 0 aliphatic heterocycles. The zero-order valence-corrected chi connectivity index (χ0v) is 16.1. The molecule has 0 unspecified atom stereocenters. The molecule has 1 aliphatic rings. The molecule has 3 N–H and O–H groups in total. The molecule has 0 saturated heterocycles. The van der Waals surface area contributed by atoms with E-state index in [1.165, 1.54) is 30.0 Å². The molecule has 0 radical (unpaired) electrons. The summed E-state index contributed by atoms with van der Waals surface area (Å²) in [7, 11) is 1.47. The van der Waals surface area contributed by atoms with Crippen molar-refractivity contribution in [3.05, 3.63) is 54.1 Å². The van der Waals surface area contributed by atoms with Crippen LogP contribution in [0.3, 0.4) is 0 Å². The Labute approximate surface area is 170 Å². The van der Waals surface area contributed by atoms with Crippen molar-refractivity contribution in [2.24, 2.45) is 0 Å². The monoisotopic (exact) mass is 408 g/mol. The standard InChI is InChI=1S/C21H18F2N6O/c1-30-14-7-8-15(16(23)10-14)18-17-19(24)29(13-4-2-3-11(22)9-13)28-20(17)27-21(26-18)25-12-5-6-12/h2-4,7-10,12H,5-6,24H2,1H3,(H,25,27,28). The van der Waals surface area contributed by atoms with Crippen LogP contribution in [0, 0.1) is 11.6 Å². The van der Waals surface area contributed by atoms with Crippen LogP contribution in [0.1, 0.15) is 12.8 Å². The van der Waals surface area contributed by atoms with Gasteiger partial charge in [0, 0.05) is 17.7 Å². The molecule has 5 rings (SSSR count). The van der Waals surface area contributed by atoms with Crippen LogP contribution in [0.25, 0.3) is 28.0 Å². The van der Waals surface area contributed by atoms with Crippen LogP contribution < -0.4 is 15.8 Å². The van der Waals surface area contributed by atoms with Gasteiger partial charge in [-0.25, -0.2) is 18.4 Å². The van der Waals surface area contributed by atoms with Crippen LogP contribution in [-0.2, 0) is 0 Å². The normalized spacial score (nSPS) is 13.6. The third-order valence-corrected chi connectivity index (χ3v) is 4.96. The smallest absolute Gasteiger partial charge is 0.225 e. The third-order valence-electron chi connectivity index (χ3n) is 4.96. The maximum absolute atomic E-state index is 14.9. The molecule has 1 aliphatic carbocycles. The summed E-state index contributed by atoms with van der Waals surface area (Å²) in [4.78, 5) is 9.00. The van der Waals surface area contributed by atoms with Gasteiger partial charge in [-0.15, -0.1) is 5.10 Å². The molecule has 0 spiro atoms. The van der Waals surface area contributed by atoms with Crippen LogP contribution in [0.5, 0.6) is 5.75 Å². The molecular formula is C21H18F2N6O.